The van der Waals surface area contributed by atoms with E-state index in [1.54, 1.807) is 0 Å². The summed E-state index contributed by atoms with van der Waals surface area (Å²) < 4.78 is 8.52. The summed E-state index contributed by atoms with van der Waals surface area (Å²) in [5, 5.41) is 14.3. The SMILES string of the molecule is C=C(C)N1c2ccc(-c3cnn(C4CC4)c3)c(OCC(C)(C)CO)c2CCC1C. The van der Waals surface area contributed by atoms with Crippen molar-refractivity contribution in [1.82, 2.24) is 9.78 Å². The molecular formula is C24H33N3O2. The number of rotatable bonds is 7. The second kappa shape index (κ2) is 7.52. The third-order valence-corrected chi connectivity index (χ3v) is 6.03. The van der Waals surface area contributed by atoms with Crippen LogP contribution in [0.4, 0.5) is 5.69 Å². The Balaban J connectivity index is 1.78. The van der Waals surface area contributed by atoms with Crippen molar-refractivity contribution in [3.05, 3.63) is 42.4 Å². The summed E-state index contributed by atoms with van der Waals surface area (Å²) in [6, 6.07) is 5.33. The first-order chi connectivity index (χ1) is 13.8. The number of anilines is 1. The van der Waals surface area contributed by atoms with E-state index in [-0.39, 0.29) is 12.0 Å². The van der Waals surface area contributed by atoms with Crippen LogP contribution in [0.25, 0.3) is 11.1 Å². The van der Waals surface area contributed by atoms with Gasteiger partial charge in [0.25, 0.3) is 0 Å². The summed E-state index contributed by atoms with van der Waals surface area (Å²) in [6.45, 7) is 13.1. The van der Waals surface area contributed by atoms with E-state index in [1.165, 1.54) is 24.1 Å². The third-order valence-electron chi connectivity index (χ3n) is 6.03. The number of nitrogens with zero attached hydrogens (tertiary/aromatic N) is 3. The summed E-state index contributed by atoms with van der Waals surface area (Å²) in [5.74, 6) is 0.928. The summed E-state index contributed by atoms with van der Waals surface area (Å²) in [7, 11) is 0. The van der Waals surface area contributed by atoms with Gasteiger partial charge in [0.1, 0.15) is 5.75 Å². The van der Waals surface area contributed by atoms with Crippen LogP contribution in [0.1, 0.15) is 58.6 Å². The van der Waals surface area contributed by atoms with Crippen molar-refractivity contribution in [3.63, 3.8) is 0 Å². The van der Waals surface area contributed by atoms with Gasteiger partial charge in [-0.15, -0.1) is 0 Å². The Morgan fingerprint density at radius 3 is 2.72 bits per heavy atom. The zero-order valence-corrected chi connectivity index (χ0v) is 18.1. The number of hydrogen-bond donors (Lipinski definition) is 1. The van der Waals surface area contributed by atoms with Crippen LogP contribution >= 0.6 is 0 Å². The molecule has 0 spiro atoms. The molecule has 1 fully saturated rings. The van der Waals surface area contributed by atoms with Crippen molar-refractivity contribution in [3.8, 4) is 16.9 Å². The Kier molecular flexibility index (Phi) is 5.19. The summed E-state index contributed by atoms with van der Waals surface area (Å²) in [4.78, 5) is 2.32. The number of fused-ring (bicyclic) bond motifs is 1. The number of aromatic nitrogens is 2. The van der Waals surface area contributed by atoms with E-state index >= 15 is 0 Å². The van der Waals surface area contributed by atoms with Gasteiger partial charge in [-0.1, -0.05) is 20.4 Å². The van der Waals surface area contributed by atoms with Crippen molar-refractivity contribution in [2.24, 2.45) is 5.41 Å². The maximum atomic E-state index is 9.70. The Morgan fingerprint density at radius 1 is 1.31 bits per heavy atom. The van der Waals surface area contributed by atoms with Crippen LogP contribution in [-0.2, 0) is 6.42 Å². The van der Waals surface area contributed by atoms with Crippen LogP contribution in [-0.4, -0.2) is 34.1 Å². The number of aliphatic hydroxyl groups is 1. The molecule has 5 nitrogen and oxygen atoms in total. The molecule has 156 valence electrons. The van der Waals surface area contributed by atoms with Crippen molar-refractivity contribution in [1.29, 1.82) is 0 Å². The predicted octanol–water partition coefficient (Wildman–Crippen LogP) is 4.96. The molecule has 1 aliphatic heterocycles. The number of ether oxygens (including phenoxy) is 1. The highest BCUT2D eigenvalue weighted by Gasteiger charge is 2.30. The predicted molar refractivity (Wildman–Crippen MR) is 117 cm³/mol. The molecule has 1 atom stereocenters. The molecule has 1 aromatic heterocycles. The van der Waals surface area contributed by atoms with Crippen LogP contribution in [0.2, 0.25) is 0 Å². The molecule has 0 bridgehead atoms. The van der Waals surface area contributed by atoms with Gasteiger partial charge in [-0.05, 0) is 51.7 Å². The van der Waals surface area contributed by atoms with Gasteiger partial charge in [0.15, 0.2) is 0 Å². The monoisotopic (exact) mass is 395 g/mol. The van der Waals surface area contributed by atoms with Gasteiger partial charge in [0, 0.05) is 45.7 Å². The first-order valence-electron chi connectivity index (χ1n) is 10.7. The maximum absolute atomic E-state index is 9.70. The van der Waals surface area contributed by atoms with Gasteiger partial charge >= 0.3 is 0 Å². The number of benzene rings is 1. The topological polar surface area (TPSA) is 50.5 Å². The van der Waals surface area contributed by atoms with Crippen molar-refractivity contribution >= 4 is 5.69 Å². The Hall–Kier alpha value is -2.27. The minimum Gasteiger partial charge on any atom is -0.492 e. The quantitative estimate of drug-likeness (QED) is 0.720. The fraction of sp³-hybridized carbons (Fsp3) is 0.542. The molecule has 2 heterocycles. The fourth-order valence-corrected chi connectivity index (χ4v) is 4.11. The van der Waals surface area contributed by atoms with Crippen molar-refractivity contribution < 1.29 is 9.84 Å². The van der Waals surface area contributed by atoms with Gasteiger partial charge in [-0.3, -0.25) is 4.68 Å². The Labute approximate surface area is 174 Å². The van der Waals surface area contributed by atoms with Crippen LogP contribution in [0, 0.1) is 5.41 Å². The van der Waals surface area contributed by atoms with E-state index in [4.69, 9.17) is 4.74 Å². The lowest BCUT2D eigenvalue weighted by Gasteiger charge is -2.38. The largest absolute Gasteiger partial charge is 0.492 e. The first kappa shape index (κ1) is 20.0. The zero-order chi connectivity index (χ0) is 20.8. The van der Waals surface area contributed by atoms with Crippen LogP contribution in [0.5, 0.6) is 5.75 Å². The standard InChI is InChI=1S/C24H33N3O2/c1-16(2)27-17(3)6-9-21-22(27)11-10-20(23(21)29-15-24(4,5)14-28)18-12-25-26(13-18)19-7-8-19/h10-13,17,19,28H,1,6-9,14-15H2,2-5H3. The normalized spacial score (nSPS) is 19.2. The van der Waals surface area contributed by atoms with E-state index in [0.29, 0.717) is 18.7 Å². The number of hydrogen-bond acceptors (Lipinski definition) is 4. The van der Waals surface area contributed by atoms with Gasteiger partial charge in [-0.2, -0.15) is 5.10 Å². The average molecular weight is 396 g/mol. The van der Waals surface area contributed by atoms with E-state index < -0.39 is 0 Å². The highest BCUT2D eigenvalue weighted by atomic mass is 16.5. The van der Waals surface area contributed by atoms with Crippen molar-refractivity contribution in [2.45, 2.75) is 65.5 Å². The molecule has 29 heavy (non-hydrogen) atoms. The maximum Gasteiger partial charge on any atom is 0.132 e. The average Bonchev–Trinajstić information content (AvgIpc) is 3.42. The highest BCUT2D eigenvalue weighted by molar-refractivity contribution is 5.78. The lowest BCUT2D eigenvalue weighted by Crippen LogP contribution is -2.36. The second-order valence-electron chi connectivity index (χ2n) is 9.48. The molecule has 2 aliphatic rings. The molecular weight excluding hydrogens is 362 g/mol. The smallest absolute Gasteiger partial charge is 0.132 e. The molecule has 2 aromatic rings. The van der Waals surface area contributed by atoms with Gasteiger partial charge in [-0.25, -0.2) is 0 Å². The Bertz CT molecular complexity index is 911. The second-order valence-corrected chi connectivity index (χ2v) is 9.48. The molecule has 1 aliphatic carbocycles. The molecule has 1 unspecified atom stereocenters. The molecule has 1 aromatic carbocycles. The zero-order valence-electron chi connectivity index (χ0n) is 18.1. The Morgan fingerprint density at radius 2 is 2.07 bits per heavy atom. The van der Waals surface area contributed by atoms with E-state index in [1.807, 2.05) is 20.0 Å². The highest BCUT2D eigenvalue weighted by Crippen LogP contribution is 2.45. The summed E-state index contributed by atoms with van der Waals surface area (Å²) >= 11 is 0. The van der Waals surface area contributed by atoms with E-state index in [9.17, 15) is 5.11 Å². The molecule has 5 heteroatoms. The van der Waals surface area contributed by atoms with Crippen LogP contribution < -0.4 is 9.64 Å². The van der Waals surface area contributed by atoms with Crippen molar-refractivity contribution in [2.75, 3.05) is 18.1 Å². The summed E-state index contributed by atoms with van der Waals surface area (Å²) in [5.41, 5.74) is 5.35. The minimum absolute atomic E-state index is 0.0892. The third kappa shape index (κ3) is 3.93. The van der Waals surface area contributed by atoms with Crippen LogP contribution in [0.3, 0.4) is 0 Å². The van der Waals surface area contributed by atoms with Gasteiger partial charge in [0.2, 0.25) is 0 Å². The van der Waals surface area contributed by atoms with Crippen LogP contribution in [0.15, 0.2) is 36.8 Å². The number of aliphatic hydroxyl groups excluding tert-OH is 1. The molecule has 0 amide bonds. The summed E-state index contributed by atoms with van der Waals surface area (Å²) in [6.07, 6.45) is 8.55. The van der Waals surface area contributed by atoms with E-state index in [0.717, 1.165) is 35.4 Å². The molecule has 4 rings (SSSR count). The van der Waals surface area contributed by atoms with Gasteiger partial charge < -0.3 is 14.7 Å². The lowest BCUT2D eigenvalue weighted by atomic mass is 9.91. The molecule has 0 radical (unpaired) electrons. The number of allylic oxidation sites excluding steroid dienone is 1. The molecule has 0 saturated heterocycles. The lowest BCUT2D eigenvalue weighted by molar-refractivity contribution is 0.0973. The fourth-order valence-electron chi connectivity index (χ4n) is 4.11. The van der Waals surface area contributed by atoms with Gasteiger partial charge in [0.05, 0.1) is 25.5 Å². The molecule has 1 N–H and O–H groups in total. The first-order valence-corrected chi connectivity index (χ1v) is 10.7. The van der Waals surface area contributed by atoms with E-state index in [2.05, 4.69) is 53.4 Å². The molecule has 1 saturated carbocycles. The minimum atomic E-state index is -0.297.